The average Bonchev–Trinajstić information content (AvgIpc) is 3.16. The minimum atomic E-state index is -3.65. The largest absolute Gasteiger partial charge is 0.444 e. The Morgan fingerprint density at radius 1 is 1.31 bits per heavy atom. The molecule has 3 rings (SSSR count). The van der Waals surface area contributed by atoms with Crippen molar-refractivity contribution in [2.75, 3.05) is 19.3 Å². The van der Waals surface area contributed by atoms with E-state index in [-0.39, 0.29) is 22.7 Å². The third kappa shape index (κ3) is 6.05. The molecule has 1 aliphatic heterocycles. The van der Waals surface area contributed by atoms with E-state index in [4.69, 9.17) is 9.26 Å². The van der Waals surface area contributed by atoms with Crippen LogP contribution in [0.5, 0.6) is 0 Å². The van der Waals surface area contributed by atoms with Gasteiger partial charge in [0.05, 0.1) is 0 Å². The molecule has 0 aliphatic carbocycles. The SMILES string of the molecule is C[C@H](CC1CCN(C(=O)OC(C)(C)C)CC1)c1nc(-c2ccc(S(C)(=O)=O)c(F)c2)no1. The summed E-state index contributed by atoms with van der Waals surface area (Å²) in [5, 5.41) is 3.93. The third-order valence-electron chi connectivity index (χ3n) is 5.41. The summed E-state index contributed by atoms with van der Waals surface area (Å²) in [5.41, 5.74) is -0.158. The molecule has 10 heteroatoms. The molecule has 0 saturated carbocycles. The highest BCUT2D eigenvalue weighted by Gasteiger charge is 2.29. The molecule has 1 amide bonds. The van der Waals surface area contributed by atoms with Gasteiger partial charge in [-0.2, -0.15) is 4.98 Å². The van der Waals surface area contributed by atoms with Crippen LogP contribution in [-0.4, -0.2) is 54.5 Å². The number of amides is 1. The topological polar surface area (TPSA) is 103 Å². The van der Waals surface area contributed by atoms with Gasteiger partial charge in [0.2, 0.25) is 11.7 Å². The van der Waals surface area contributed by atoms with E-state index in [2.05, 4.69) is 10.1 Å². The van der Waals surface area contributed by atoms with Gasteiger partial charge in [-0.25, -0.2) is 17.6 Å². The second-order valence-corrected chi connectivity index (χ2v) is 11.4. The number of likely N-dealkylation sites (tertiary alicyclic amines) is 1. The van der Waals surface area contributed by atoms with Crippen LogP contribution in [0.25, 0.3) is 11.4 Å². The third-order valence-corrected chi connectivity index (χ3v) is 6.54. The van der Waals surface area contributed by atoms with Gasteiger partial charge in [0.15, 0.2) is 9.84 Å². The first-order valence-corrected chi connectivity index (χ1v) is 12.5. The van der Waals surface area contributed by atoms with Crippen LogP contribution in [0.3, 0.4) is 0 Å². The molecule has 0 bridgehead atoms. The van der Waals surface area contributed by atoms with E-state index in [1.807, 2.05) is 27.7 Å². The Balaban J connectivity index is 1.58. The molecule has 1 aliphatic rings. The second-order valence-electron chi connectivity index (χ2n) is 9.42. The summed E-state index contributed by atoms with van der Waals surface area (Å²) in [4.78, 5) is 18.0. The highest BCUT2D eigenvalue weighted by molar-refractivity contribution is 7.90. The average molecular weight is 468 g/mol. The lowest BCUT2D eigenvalue weighted by Gasteiger charge is -2.34. The smallest absolute Gasteiger partial charge is 0.410 e. The van der Waals surface area contributed by atoms with Crippen molar-refractivity contribution in [2.24, 2.45) is 5.92 Å². The van der Waals surface area contributed by atoms with Gasteiger partial charge in [-0.05, 0) is 64.2 Å². The molecule has 0 spiro atoms. The summed E-state index contributed by atoms with van der Waals surface area (Å²) in [6.45, 7) is 8.84. The van der Waals surface area contributed by atoms with Gasteiger partial charge in [0.1, 0.15) is 16.3 Å². The Kier molecular flexibility index (Phi) is 6.92. The molecule has 0 unspecified atom stereocenters. The van der Waals surface area contributed by atoms with Crippen molar-refractivity contribution in [3.63, 3.8) is 0 Å². The van der Waals surface area contributed by atoms with E-state index < -0.39 is 21.3 Å². The van der Waals surface area contributed by atoms with Gasteiger partial charge >= 0.3 is 6.09 Å². The predicted octanol–water partition coefficient (Wildman–Crippen LogP) is 4.42. The molecule has 176 valence electrons. The summed E-state index contributed by atoms with van der Waals surface area (Å²) in [5.74, 6) is 0.217. The Labute approximate surface area is 188 Å². The lowest BCUT2D eigenvalue weighted by Crippen LogP contribution is -2.41. The maximum Gasteiger partial charge on any atom is 0.410 e. The minimum absolute atomic E-state index is 0.00512. The molecule has 1 fully saturated rings. The lowest BCUT2D eigenvalue weighted by atomic mass is 9.88. The Bertz CT molecular complexity index is 1070. The van der Waals surface area contributed by atoms with Crippen LogP contribution in [-0.2, 0) is 14.6 Å². The van der Waals surface area contributed by atoms with Gasteiger partial charge in [0, 0.05) is 30.8 Å². The van der Waals surface area contributed by atoms with E-state index in [1.165, 1.54) is 12.1 Å². The maximum atomic E-state index is 14.2. The van der Waals surface area contributed by atoms with Crippen LogP contribution < -0.4 is 0 Å². The number of ether oxygens (including phenoxy) is 1. The zero-order valence-electron chi connectivity index (χ0n) is 19.1. The van der Waals surface area contributed by atoms with E-state index >= 15 is 0 Å². The number of piperidine rings is 1. The van der Waals surface area contributed by atoms with Crippen molar-refractivity contribution in [1.82, 2.24) is 15.0 Å². The predicted molar refractivity (Wildman–Crippen MR) is 116 cm³/mol. The Hall–Kier alpha value is -2.49. The highest BCUT2D eigenvalue weighted by Crippen LogP contribution is 2.31. The first-order chi connectivity index (χ1) is 14.8. The number of hydrogen-bond acceptors (Lipinski definition) is 7. The summed E-state index contributed by atoms with van der Waals surface area (Å²) in [7, 11) is -3.65. The number of sulfone groups is 1. The van der Waals surface area contributed by atoms with Crippen molar-refractivity contribution in [2.45, 2.75) is 63.4 Å². The molecule has 8 nitrogen and oxygen atoms in total. The van der Waals surface area contributed by atoms with E-state index in [9.17, 15) is 17.6 Å². The number of benzene rings is 1. The molecule has 0 radical (unpaired) electrons. The minimum Gasteiger partial charge on any atom is -0.444 e. The van der Waals surface area contributed by atoms with Gasteiger partial charge in [-0.1, -0.05) is 12.1 Å². The fourth-order valence-corrected chi connectivity index (χ4v) is 4.50. The Morgan fingerprint density at radius 2 is 1.97 bits per heavy atom. The number of halogens is 1. The van der Waals surface area contributed by atoms with Gasteiger partial charge in [-0.3, -0.25) is 0 Å². The van der Waals surface area contributed by atoms with E-state index in [0.29, 0.717) is 30.5 Å². The molecule has 1 aromatic carbocycles. The number of aromatic nitrogens is 2. The van der Waals surface area contributed by atoms with Gasteiger partial charge in [-0.15, -0.1) is 0 Å². The van der Waals surface area contributed by atoms with Crippen LogP contribution in [0, 0.1) is 11.7 Å². The summed E-state index contributed by atoms with van der Waals surface area (Å²) >= 11 is 0. The standard InChI is InChI=1S/C22H30FN3O5S/c1-14(12-15-8-10-26(11-9-15)21(27)30-22(2,3)4)20-24-19(25-31-20)16-6-7-18(17(23)13-16)32(5,28)29/h6-7,13-15H,8-12H2,1-5H3/t14-/m1/s1. The highest BCUT2D eigenvalue weighted by atomic mass is 32.2. The first kappa shape index (κ1) is 24.2. The quantitative estimate of drug-likeness (QED) is 0.641. The summed E-state index contributed by atoms with van der Waals surface area (Å²) in [6.07, 6.45) is 3.23. The maximum absolute atomic E-state index is 14.2. The van der Waals surface area contributed by atoms with Crippen molar-refractivity contribution >= 4 is 15.9 Å². The number of rotatable bonds is 5. The van der Waals surface area contributed by atoms with Crippen LogP contribution >= 0.6 is 0 Å². The number of carbonyl (C=O) groups excluding carboxylic acids is 1. The number of hydrogen-bond donors (Lipinski definition) is 0. The van der Waals surface area contributed by atoms with E-state index in [0.717, 1.165) is 31.6 Å². The lowest BCUT2D eigenvalue weighted by molar-refractivity contribution is 0.0178. The van der Waals surface area contributed by atoms with Crippen LogP contribution in [0.1, 0.15) is 58.8 Å². The zero-order chi connectivity index (χ0) is 23.7. The molecule has 1 saturated heterocycles. The second kappa shape index (κ2) is 9.17. The zero-order valence-corrected chi connectivity index (χ0v) is 19.9. The molecular formula is C22H30FN3O5S. The van der Waals surface area contributed by atoms with Crippen molar-refractivity contribution in [1.29, 1.82) is 0 Å². The summed E-state index contributed by atoms with van der Waals surface area (Å²) < 4.78 is 48.2. The normalized spacial score (nSPS) is 16.8. The fourth-order valence-electron chi connectivity index (χ4n) is 3.77. The van der Waals surface area contributed by atoms with Crippen molar-refractivity contribution in [3.05, 3.63) is 29.9 Å². The molecule has 32 heavy (non-hydrogen) atoms. The molecule has 1 atom stereocenters. The van der Waals surface area contributed by atoms with Crippen molar-refractivity contribution < 1.29 is 26.9 Å². The fraction of sp³-hybridized carbons (Fsp3) is 0.591. The number of nitrogens with zero attached hydrogens (tertiary/aromatic N) is 3. The van der Waals surface area contributed by atoms with Gasteiger partial charge in [0.25, 0.3) is 0 Å². The van der Waals surface area contributed by atoms with Crippen LogP contribution in [0.4, 0.5) is 9.18 Å². The molecule has 2 heterocycles. The van der Waals surface area contributed by atoms with Crippen molar-refractivity contribution in [3.8, 4) is 11.4 Å². The molecule has 2 aromatic rings. The monoisotopic (exact) mass is 467 g/mol. The Morgan fingerprint density at radius 3 is 2.53 bits per heavy atom. The van der Waals surface area contributed by atoms with Gasteiger partial charge < -0.3 is 14.2 Å². The number of carbonyl (C=O) groups is 1. The first-order valence-electron chi connectivity index (χ1n) is 10.6. The molecular weight excluding hydrogens is 437 g/mol. The molecule has 1 aromatic heterocycles. The van der Waals surface area contributed by atoms with E-state index in [1.54, 1.807) is 4.90 Å². The summed E-state index contributed by atoms with van der Waals surface area (Å²) in [6, 6.07) is 3.77. The van der Waals surface area contributed by atoms with Crippen LogP contribution in [0.15, 0.2) is 27.6 Å². The molecule has 0 N–H and O–H groups in total. The van der Waals surface area contributed by atoms with Crippen LogP contribution in [0.2, 0.25) is 0 Å².